The molecule has 1 aromatic carbocycles. The molecule has 2 fully saturated rings. The molecule has 0 atom stereocenters. The van der Waals surface area contributed by atoms with Crippen molar-refractivity contribution in [3.63, 3.8) is 0 Å². The second-order valence-corrected chi connectivity index (χ2v) is 8.22. The Kier molecular flexibility index (Phi) is 5.24. The summed E-state index contributed by atoms with van der Waals surface area (Å²) in [7, 11) is -0.498. The largest absolute Gasteiger partial charge is 0.493 e. The van der Waals surface area contributed by atoms with E-state index < -0.39 is 18.3 Å². The van der Waals surface area contributed by atoms with E-state index in [2.05, 4.69) is 12.6 Å². The van der Waals surface area contributed by atoms with E-state index in [0.717, 1.165) is 5.47 Å². The van der Waals surface area contributed by atoms with Gasteiger partial charge in [0.1, 0.15) is 11.6 Å². The maximum Gasteiger partial charge on any atom is 0.491 e. The van der Waals surface area contributed by atoms with Crippen molar-refractivity contribution in [1.29, 1.82) is 0 Å². The lowest BCUT2D eigenvalue weighted by atomic mass is 9.78. The predicted molar refractivity (Wildman–Crippen MR) is 103 cm³/mol. The summed E-state index contributed by atoms with van der Waals surface area (Å²) >= 11 is 4.43. The molecule has 25 heavy (non-hydrogen) atoms. The molecule has 6 heteroatoms. The molecule has 136 valence electrons. The Morgan fingerprint density at radius 1 is 1.28 bits per heavy atom. The molecule has 0 amide bonds. The van der Waals surface area contributed by atoms with Crippen molar-refractivity contribution in [2.24, 2.45) is 5.92 Å². The molecule has 0 aromatic heterocycles. The topological polar surface area (TPSA) is 27.7 Å². The van der Waals surface area contributed by atoms with Crippen molar-refractivity contribution >= 4 is 25.8 Å². The summed E-state index contributed by atoms with van der Waals surface area (Å²) in [6.45, 7) is 8.72. The van der Waals surface area contributed by atoms with E-state index in [1.807, 2.05) is 33.8 Å². The Labute approximate surface area is 155 Å². The average molecular weight is 364 g/mol. The Morgan fingerprint density at radius 3 is 2.48 bits per heavy atom. The highest BCUT2D eigenvalue weighted by atomic mass is 32.1. The first kappa shape index (κ1) is 18.8. The van der Waals surface area contributed by atoms with Gasteiger partial charge in [0.05, 0.1) is 17.8 Å². The summed E-state index contributed by atoms with van der Waals surface area (Å²) in [5.74, 6) is 1.48. The number of rotatable bonds is 6. The van der Waals surface area contributed by atoms with Crippen molar-refractivity contribution in [2.75, 3.05) is 12.4 Å². The van der Waals surface area contributed by atoms with Crippen LogP contribution < -0.4 is 4.74 Å². The number of hydrogen-bond donors (Lipinski definition) is 1. The van der Waals surface area contributed by atoms with Crippen LogP contribution in [0.15, 0.2) is 23.7 Å². The molecule has 1 aliphatic heterocycles. The third-order valence-corrected chi connectivity index (χ3v) is 5.59. The number of halogens is 1. The van der Waals surface area contributed by atoms with Crippen molar-refractivity contribution in [3.8, 4) is 5.75 Å². The van der Waals surface area contributed by atoms with Gasteiger partial charge >= 0.3 is 7.12 Å². The molecule has 0 bridgehead atoms. The number of benzene rings is 1. The smallest absolute Gasteiger partial charge is 0.491 e. The van der Waals surface area contributed by atoms with Gasteiger partial charge in [0.15, 0.2) is 0 Å². The summed E-state index contributed by atoms with van der Waals surface area (Å²) in [5.41, 5.74) is 0.697. The first-order valence-corrected chi connectivity index (χ1v) is 9.44. The van der Waals surface area contributed by atoms with E-state index in [1.165, 1.54) is 25.0 Å². The van der Waals surface area contributed by atoms with Crippen molar-refractivity contribution in [2.45, 2.75) is 51.7 Å². The highest BCUT2D eigenvalue weighted by molar-refractivity contribution is 7.80. The monoisotopic (exact) mass is 364 g/mol. The minimum Gasteiger partial charge on any atom is -0.493 e. The predicted octanol–water partition coefficient (Wildman–Crippen LogP) is 4.56. The molecule has 1 saturated carbocycles. The summed E-state index contributed by atoms with van der Waals surface area (Å²) < 4.78 is 31.8. The van der Waals surface area contributed by atoms with E-state index in [-0.39, 0.29) is 5.82 Å². The molecular formula is C19H26BFO3S. The molecule has 1 aliphatic carbocycles. The van der Waals surface area contributed by atoms with Crippen LogP contribution in [-0.4, -0.2) is 30.7 Å². The van der Waals surface area contributed by atoms with Crippen molar-refractivity contribution in [1.82, 2.24) is 0 Å². The molecule has 1 aromatic rings. The van der Waals surface area contributed by atoms with Crippen LogP contribution in [0.2, 0.25) is 0 Å². The Bertz CT molecular complexity index is 655. The highest BCUT2D eigenvalue weighted by Crippen LogP contribution is 2.39. The van der Waals surface area contributed by atoms with Gasteiger partial charge in [-0.2, -0.15) is 12.6 Å². The van der Waals surface area contributed by atoms with Crippen LogP contribution in [-0.2, 0) is 9.31 Å². The van der Waals surface area contributed by atoms with Crippen LogP contribution >= 0.6 is 12.6 Å². The third kappa shape index (κ3) is 4.23. The number of ether oxygens (including phenoxy) is 1. The maximum absolute atomic E-state index is 13.8. The second-order valence-electron chi connectivity index (χ2n) is 7.90. The normalized spacial score (nSPS) is 22.3. The van der Waals surface area contributed by atoms with Crippen LogP contribution in [0.5, 0.6) is 5.75 Å². The van der Waals surface area contributed by atoms with Gasteiger partial charge in [-0.1, -0.05) is 6.08 Å². The number of thiol groups is 1. The lowest BCUT2D eigenvalue weighted by molar-refractivity contribution is 0.00578. The Hall–Kier alpha value is -0.975. The first-order valence-electron chi connectivity index (χ1n) is 8.81. The fourth-order valence-corrected chi connectivity index (χ4v) is 2.88. The van der Waals surface area contributed by atoms with Gasteiger partial charge in [-0.3, -0.25) is 0 Å². The number of hydrogen-bond acceptors (Lipinski definition) is 4. The fraction of sp³-hybridized carbons (Fsp3) is 0.579. The zero-order valence-electron chi connectivity index (χ0n) is 15.3. The fourth-order valence-electron chi connectivity index (χ4n) is 2.64. The summed E-state index contributed by atoms with van der Waals surface area (Å²) in [6.07, 6.45) is 4.30. The van der Waals surface area contributed by atoms with Gasteiger partial charge < -0.3 is 14.0 Å². The average Bonchev–Trinajstić information content (AvgIpc) is 3.31. The molecular weight excluding hydrogens is 338 g/mol. The van der Waals surface area contributed by atoms with Gasteiger partial charge in [-0.15, -0.1) is 0 Å². The molecule has 0 unspecified atom stereocenters. The van der Waals surface area contributed by atoms with Crippen LogP contribution in [0, 0.1) is 11.7 Å². The van der Waals surface area contributed by atoms with E-state index in [9.17, 15) is 4.39 Å². The summed E-state index contributed by atoms with van der Waals surface area (Å²) in [5, 5.41) is 0. The zero-order valence-corrected chi connectivity index (χ0v) is 16.2. The second kappa shape index (κ2) is 6.97. The van der Waals surface area contributed by atoms with Crippen molar-refractivity contribution < 1.29 is 18.4 Å². The van der Waals surface area contributed by atoms with Gasteiger partial charge in [0.25, 0.3) is 0 Å². The molecule has 0 spiro atoms. The van der Waals surface area contributed by atoms with E-state index >= 15 is 0 Å². The molecule has 0 radical (unpaired) electrons. The van der Waals surface area contributed by atoms with Gasteiger partial charge in [0, 0.05) is 11.3 Å². The van der Waals surface area contributed by atoms with Crippen LogP contribution in [0.1, 0.15) is 46.1 Å². The highest BCUT2D eigenvalue weighted by Gasteiger charge is 2.52. The zero-order chi connectivity index (χ0) is 18.2. The van der Waals surface area contributed by atoms with Gasteiger partial charge in [0.2, 0.25) is 0 Å². The van der Waals surface area contributed by atoms with E-state index in [1.54, 1.807) is 6.07 Å². The molecule has 1 heterocycles. The molecule has 1 saturated heterocycles. The van der Waals surface area contributed by atoms with Crippen LogP contribution in [0.3, 0.4) is 0 Å². The minimum atomic E-state index is -0.498. The molecule has 3 nitrogen and oxygen atoms in total. The van der Waals surface area contributed by atoms with E-state index in [4.69, 9.17) is 14.0 Å². The lowest BCUT2D eigenvalue weighted by Crippen LogP contribution is -2.41. The molecule has 0 N–H and O–H groups in total. The minimum absolute atomic E-state index is 0.294. The maximum atomic E-state index is 13.8. The third-order valence-electron chi connectivity index (χ3n) is 5.22. The Balaban J connectivity index is 1.85. The van der Waals surface area contributed by atoms with Gasteiger partial charge in [-0.25, -0.2) is 4.39 Å². The molecule has 2 aliphatic rings. The summed E-state index contributed by atoms with van der Waals surface area (Å²) in [4.78, 5) is 0. The first-order chi connectivity index (χ1) is 11.7. The SMILES string of the molecule is CC1(C)OB(C(=Cc2cc(F)ccc2OCC2CC2)CS)OC1(C)C. The quantitative estimate of drug-likeness (QED) is 0.592. The van der Waals surface area contributed by atoms with Gasteiger partial charge in [-0.05, 0) is 70.1 Å². The standard InChI is InChI=1S/C19H26BFO3S/c1-18(2)19(3,4)24-20(23-18)15(12-25)9-14-10-16(21)7-8-17(14)22-11-13-5-6-13/h7-10,13,25H,5-6,11-12H2,1-4H3. The Morgan fingerprint density at radius 2 is 1.92 bits per heavy atom. The van der Waals surface area contributed by atoms with Crippen LogP contribution in [0.4, 0.5) is 4.39 Å². The van der Waals surface area contributed by atoms with E-state index in [0.29, 0.717) is 29.6 Å². The van der Waals surface area contributed by atoms with Crippen LogP contribution in [0.25, 0.3) is 6.08 Å². The lowest BCUT2D eigenvalue weighted by Gasteiger charge is -2.32. The summed E-state index contributed by atoms with van der Waals surface area (Å²) in [6, 6.07) is 4.59. The van der Waals surface area contributed by atoms with Crippen molar-refractivity contribution in [3.05, 3.63) is 35.1 Å². The molecule has 3 rings (SSSR count).